The maximum Gasteiger partial charge on any atom is 0.408 e. The predicted molar refractivity (Wildman–Crippen MR) is 211 cm³/mol. The van der Waals surface area contributed by atoms with Crippen LogP contribution in [-0.4, -0.2) is 83.3 Å². The van der Waals surface area contributed by atoms with Gasteiger partial charge < -0.3 is 34.5 Å². The van der Waals surface area contributed by atoms with Crippen LogP contribution in [0.15, 0.2) is 43.5 Å². The Balaban J connectivity index is 1.51. The number of amides is 3. The van der Waals surface area contributed by atoms with E-state index in [9.17, 15) is 19.2 Å². The van der Waals surface area contributed by atoms with Gasteiger partial charge in [0.25, 0.3) is 0 Å². The van der Waals surface area contributed by atoms with Crippen molar-refractivity contribution in [1.82, 2.24) is 20.5 Å². The average Bonchev–Trinajstić information content (AvgIpc) is 3.49. The van der Waals surface area contributed by atoms with E-state index in [2.05, 4.69) is 23.8 Å². The summed E-state index contributed by atoms with van der Waals surface area (Å²) in [6.45, 7) is 14.9. The quantitative estimate of drug-likeness (QED) is 0.0970. The molecular formula is C43H60N4O8. The van der Waals surface area contributed by atoms with Gasteiger partial charge in [0.2, 0.25) is 11.8 Å². The second-order valence-electron chi connectivity index (χ2n) is 16.1. The van der Waals surface area contributed by atoms with E-state index >= 15 is 0 Å². The molecule has 2 aromatic rings. The minimum absolute atomic E-state index is 0.114. The Labute approximate surface area is 325 Å². The smallest absolute Gasteiger partial charge is 0.408 e. The Morgan fingerprint density at radius 3 is 2.47 bits per heavy atom. The highest BCUT2D eigenvalue weighted by Gasteiger charge is 2.54. The number of ether oxygens (including phenoxy) is 4. The van der Waals surface area contributed by atoms with Gasteiger partial charge in [0.05, 0.1) is 31.5 Å². The van der Waals surface area contributed by atoms with Crippen molar-refractivity contribution in [3.8, 4) is 11.5 Å². The molecule has 4 atom stereocenters. The standard InChI is InChI=1S/C43H60N4O8/c1-8-11-13-14-15-20-33(46-41(51)55-42(4,5)6)39(49)47-27-43(26-35(47)38(48)45-34(19-12-9-2)40(50)53-10-3)24-23-30-31-25-29(52-7)21-22-32(31)44-36(37(30)54-43)28-17-16-18-28/h8-9,21-22,25,28,33-35H,1-2,10-20,23-24,26-27H2,3-7H3,(H,45,48)(H,46,51)/t33-,34?,35-,43+/m0/s1. The lowest BCUT2D eigenvalue weighted by atomic mass is 9.79. The number of esters is 1. The third-order valence-corrected chi connectivity index (χ3v) is 10.8. The van der Waals surface area contributed by atoms with Crippen LogP contribution in [0.1, 0.15) is 122 Å². The van der Waals surface area contributed by atoms with E-state index in [-0.39, 0.29) is 25.5 Å². The molecule has 55 heavy (non-hydrogen) atoms. The minimum atomic E-state index is -0.987. The second kappa shape index (κ2) is 18.3. The van der Waals surface area contributed by atoms with Crippen LogP contribution in [-0.2, 0) is 30.3 Å². The van der Waals surface area contributed by atoms with E-state index in [1.54, 1.807) is 45.8 Å². The highest BCUT2D eigenvalue weighted by Crippen LogP contribution is 2.49. The van der Waals surface area contributed by atoms with E-state index in [0.29, 0.717) is 38.5 Å². The summed E-state index contributed by atoms with van der Waals surface area (Å²) in [6, 6.07) is 3.03. The molecule has 1 saturated carbocycles. The summed E-state index contributed by atoms with van der Waals surface area (Å²) in [5, 5.41) is 6.70. The molecule has 1 aliphatic carbocycles. The van der Waals surface area contributed by atoms with Gasteiger partial charge in [-0.25, -0.2) is 14.6 Å². The van der Waals surface area contributed by atoms with Crippen LogP contribution >= 0.6 is 0 Å². The van der Waals surface area contributed by atoms with Crippen LogP contribution < -0.4 is 20.1 Å². The van der Waals surface area contributed by atoms with E-state index in [4.69, 9.17) is 23.9 Å². The Hall–Kier alpha value is -4.61. The number of alkyl carbamates (subject to hydrolysis) is 1. The Kier molecular flexibility index (Phi) is 13.9. The van der Waals surface area contributed by atoms with Gasteiger partial charge in [-0.1, -0.05) is 31.4 Å². The van der Waals surface area contributed by atoms with Crippen LogP contribution in [0.3, 0.4) is 0 Å². The fourth-order valence-electron chi connectivity index (χ4n) is 7.81. The zero-order valence-electron chi connectivity index (χ0n) is 33.4. The Bertz CT molecular complexity index is 1730. The van der Waals surface area contributed by atoms with E-state index in [1.165, 1.54) is 0 Å². The number of nitrogens with zero attached hydrogens (tertiary/aromatic N) is 2. The highest BCUT2D eigenvalue weighted by atomic mass is 16.6. The molecule has 1 saturated heterocycles. The topological polar surface area (TPSA) is 145 Å². The van der Waals surface area contributed by atoms with Crippen molar-refractivity contribution in [1.29, 1.82) is 0 Å². The van der Waals surface area contributed by atoms with Crippen molar-refractivity contribution in [2.24, 2.45) is 0 Å². The van der Waals surface area contributed by atoms with Gasteiger partial charge in [-0.3, -0.25) is 9.59 Å². The normalized spacial score (nSPS) is 20.4. The summed E-state index contributed by atoms with van der Waals surface area (Å²) in [7, 11) is 1.64. The maximum absolute atomic E-state index is 14.8. The molecule has 3 heterocycles. The molecule has 1 unspecified atom stereocenters. The Morgan fingerprint density at radius 2 is 1.82 bits per heavy atom. The number of hydrogen-bond acceptors (Lipinski definition) is 9. The van der Waals surface area contributed by atoms with Crippen LogP contribution in [0.5, 0.6) is 11.5 Å². The molecule has 300 valence electrons. The van der Waals surface area contributed by atoms with Crippen LogP contribution in [0.4, 0.5) is 4.79 Å². The van der Waals surface area contributed by atoms with Crippen molar-refractivity contribution in [3.05, 3.63) is 54.8 Å². The first-order chi connectivity index (χ1) is 26.3. The number of carbonyl (C=O) groups excluding carboxylic acids is 4. The molecule has 2 aliphatic heterocycles. The number of unbranched alkanes of at least 4 members (excludes halogenated alkanes) is 3. The van der Waals surface area contributed by atoms with Gasteiger partial charge >= 0.3 is 12.1 Å². The lowest BCUT2D eigenvalue weighted by molar-refractivity contribution is -0.148. The second-order valence-corrected chi connectivity index (χ2v) is 16.1. The summed E-state index contributed by atoms with van der Waals surface area (Å²) in [4.78, 5) is 62.0. The molecule has 12 nitrogen and oxygen atoms in total. The van der Waals surface area contributed by atoms with Crippen molar-refractivity contribution >= 4 is 34.8 Å². The van der Waals surface area contributed by atoms with Gasteiger partial charge in [-0.15, -0.1) is 13.2 Å². The minimum Gasteiger partial charge on any atom is -0.497 e. The summed E-state index contributed by atoms with van der Waals surface area (Å²) in [5.74, 6) is 0.278. The summed E-state index contributed by atoms with van der Waals surface area (Å²) in [6.07, 6.45) is 11.7. The number of methoxy groups -OCH3 is 1. The van der Waals surface area contributed by atoms with E-state index < -0.39 is 53.2 Å². The molecule has 2 fully saturated rings. The van der Waals surface area contributed by atoms with Crippen molar-refractivity contribution in [3.63, 3.8) is 0 Å². The maximum atomic E-state index is 14.8. The number of pyridine rings is 1. The average molecular weight is 761 g/mol. The number of aromatic nitrogens is 1. The number of allylic oxidation sites excluding steroid dienone is 2. The molecular weight excluding hydrogens is 700 g/mol. The number of rotatable bonds is 17. The van der Waals surface area contributed by atoms with Crippen LogP contribution in [0.25, 0.3) is 10.9 Å². The number of likely N-dealkylation sites (tertiary alicyclic amines) is 1. The first-order valence-corrected chi connectivity index (χ1v) is 20.0. The zero-order chi connectivity index (χ0) is 39.8. The van der Waals surface area contributed by atoms with Gasteiger partial charge in [-0.05, 0) is 104 Å². The summed E-state index contributed by atoms with van der Waals surface area (Å²) in [5.41, 5.74) is 1.16. The molecule has 0 radical (unpaired) electrons. The first kappa shape index (κ1) is 41.6. The number of hydrogen-bond donors (Lipinski definition) is 2. The molecule has 12 heteroatoms. The van der Waals surface area contributed by atoms with Crippen LogP contribution in [0, 0.1) is 0 Å². The summed E-state index contributed by atoms with van der Waals surface area (Å²) >= 11 is 0. The highest BCUT2D eigenvalue weighted by molar-refractivity contribution is 5.94. The zero-order valence-corrected chi connectivity index (χ0v) is 33.4. The molecule has 1 aromatic carbocycles. The number of carbonyl (C=O) groups is 4. The van der Waals surface area contributed by atoms with Crippen LogP contribution in [0.2, 0.25) is 0 Å². The van der Waals surface area contributed by atoms with E-state index in [0.717, 1.165) is 72.2 Å². The van der Waals surface area contributed by atoms with Crippen molar-refractivity contribution < 1.29 is 38.1 Å². The SMILES string of the molecule is C=CCCCCC[C@H](NC(=O)OC(C)(C)C)C(=O)N1C[C@@]2(CCc3c(c(C4CCC4)nc4ccc(OC)cc34)O2)C[C@H]1C(=O)NC(CCC=C)C(=O)OCC. The fourth-order valence-corrected chi connectivity index (χ4v) is 7.81. The number of fused-ring (bicyclic) bond motifs is 3. The van der Waals surface area contributed by atoms with Crippen molar-refractivity contribution in [2.75, 3.05) is 20.3 Å². The van der Waals surface area contributed by atoms with Gasteiger partial charge in [-0.2, -0.15) is 0 Å². The molecule has 1 spiro atoms. The fraction of sp³-hybridized carbons (Fsp3) is 0.605. The molecule has 3 amide bonds. The molecule has 2 N–H and O–H groups in total. The van der Waals surface area contributed by atoms with Gasteiger partial charge in [0, 0.05) is 23.3 Å². The number of nitrogens with one attached hydrogen (secondary N) is 2. The molecule has 3 aliphatic rings. The summed E-state index contributed by atoms with van der Waals surface area (Å²) < 4.78 is 23.6. The lowest BCUT2D eigenvalue weighted by Gasteiger charge is -2.39. The van der Waals surface area contributed by atoms with Gasteiger partial charge in [0.15, 0.2) is 0 Å². The largest absolute Gasteiger partial charge is 0.497 e. The number of benzene rings is 1. The Morgan fingerprint density at radius 1 is 1.05 bits per heavy atom. The number of aryl methyl sites for hydroxylation is 1. The van der Waals surface area contributed by atoms with Crippen molar-refractivity contribution in [2.45, 2.75) is 146 Å². The molecule has 5 rings (SSSR count). The molecule has 0 bridgehead atoms. The third kappa shape index (κ3) is 10.2. The van der Waals surface area contributed by atoms with Gasteiger partial charge in [0.1, 0.15) is 40.8 Å². The monoisotopic (exact) mass is 760 g/mol. The predicted octanol–water partition coefficient (Wildman–Crippen LogP) is 7.22. The molecule has 1 aromatic heterocycles. The first-order valence-electron chi connectivity index (χ1n) is 20.0. The van der Waals surface area contributed by atoms with E-state index in [1.807, 2.05) is 24.3 Å². The lowest BCUT2D eigenvalue weighted by Crippen LogP contribution is -2.56. The third-order valence-electron chi connectivity index (χ3n) is 10.8.